The van der Waals surface area contributed by atoms with E-state index in [1.807, 2.05) is 13.8 Å². The van der Waals surface area contributed by atoms with Gasteiger partial charge in [0.15, 0.2) is 0 Å². The van der Waals surface area contributed by atoms with Crippen molar-refractivity contribution in [2.75, 3.05) is 26.8 Å². The van der Waals surface area contributed by atoms with Crippen LogP contribution in [0.4, 0.5) is 0 Å². The lowest BCUT2D eigenvalue weighted by atomic mass is 9.91. The summed E-state index contributed by atoms with van der Waals surface area (Å²) in [6.07, 6.45) is 2.06. The number of hydrogen-bond donors (Lipinski definition) is 0. The second kappa shape index (κ2) is 4.77. The van der Waals surface area contributed by atoms with E-state index in [9.17, 15) is 0 Å². The van der Waals surface area contributed by atoms with Gasteiger partial charge in [-0.25, -0.2) is 0 Å². The normalized spacial score (nSPS) is 22.6. The zero-order valence-electron chi connectivity index (χ0n) is 9.42. The second-order valence-corrected chi connectivity index (χ2v) is 4.74. The highest BCUT2D eigenvalue weighted by atomic mass is 16.5. The minimum atomic E-state index is -0.201. The lowest BCUT2D eigenvalue weighted by Crippen LogP contribution is -2.34. The van der Waals surface area contributed by atoms with Gasteiger partial charge >= 0.3 is 0 Å². The molecule has 14 heavy (non-hydrogen) atoms. The smallest absolute Gasteiger partial charge is 0.0684 e. The van der Waals surface area contributed by atoms with E-state index in [1.165, 1.54) is 0 Å². The van der Waals surface area contributed by atoms with Crippen LogP contribution in [0.1, 0.15) is 26.7 Å². The van der Waals surface area contributed by atoms with Gasteiger partial charge in [0.05, 0.1) is 18.1 Å². The van der Waals surface area contributed by atoms with Crippen molar-refractivity contribution in [2.45, 2.75) is 32.7 Å². The maximum atomic E-state index is 8.88. The molecule has 0 N–H and O–H groups in total. The van der Waals surface area contributed by atoms with Crippen LogP contribution in [0.25, 0.3) is 0 Å². The van der Waals surface area contributed by atoms with Crippen molar-refractivity contribution >= 4 is 0 Å². The highest BCUT2D eigenvalue weighted by Crippen LogP contribution is 2.20. The average Bonchev–Trinajstić information content (AvgIpc) is 2.67. The van der Waals surface area contributed by atoms with Crippen LogP contribution in [-0.4, -0.2) is 37.7 Å². The molecule has 1 rings (SSSR count). The molecule has 0 aromatic heterocycles. The number of ether oxygens (including phenoxy) is 1. The van der Waals surface area contributed by atoms with Crippen molar-refractivity contribution in [2.24, 2.45) is 5.41 Å². The summed E-state index contributed by atoms with van der Waals surface area (Å²) in [7, 11) is 2.12. The summed E-state index contributed by atoms with van der Waals surface area (Å²) in [6.45, 7) is 6.70. The van der Waals surface area contributed by atoms with Crippen LogP contribution in [0.15, 0.2) is 0 Å². The maximum absolute atomic E-state index is 8.88. The molecule has 0 bridgehead atoms. The molecule has 0 radical (unpaired) electrons. The number of hydrogen-bond acceptors (Lipinski definition) is 3. The largest absolute Gasteiger partial charge is 0.380 e. The fourth-order valence-electron chi connectivity index (χ4n) is 1.56. The van der Waals surface area contributed by atoms with Crippen molar-refractivity contribution < 1.29 is 4.74 Å². The molecule has 0 aromatic rings. The zero-order valence-corrected chi connectivity index (χ0v) is 9.42. The number of likely N-dealkylation sites (N-methyl/N-ethyl adjacent to an activating group) is 1. The van der Waals surface area contributed by atoms with Crippen LogP contribution < -0.4 is 0 Å². The summed E-state index contributed by atoms with van der Waals surface area (Å²) in [5, 5.41) is 8.88. The van der Waals surface area contributed by atoms with Gasteiger partial charge < -0.3 is 9.64 Å². The minimum absolute atomic E-state index is 0.201. The van der Waals surface area contributed by atoms with E-state index < -0.39 is 0 Å². The van der Waals surface area contributed by atoms with Crippen molar-refractivity contribution in [1.29, 1.82) is 5.26 Å². The van der Waals surface area contributed by atoms with Crippen molar-refractivity contribution in [3.63, 3.8) is 0 Å². The first-order valence-corrected chi connectivity index (χ1v) is 5.24. The Morgan fingerprint density at radius 1 is 1.57 bits per heavy atom. The monoisotopic (exact) mass is 196 g/mol. The molecular formula is C11H20N2O. The lowest BCUT2D eigenvalue weighted by Gasteiger charge is -2.25. The topological polar surface area (TPSA) is 36.3 Å². The van der Waals surface area contributed by atoms with Gasteiger partial charge in [-0.1, -0.05) is 0 Å². The molecule has 1 saturated heterocycles. The van der Waals surface area contributed by atoms with E-state index in [2.05, 4.69) is 18.0 Å². The summed E-state index contributed by atoms with van der Waals surface area (Å²) in [5.74, 6) is 0. The first-order chi connectivity index (χ1) is 6.55. The molecule has 0 spiro atoms. The van der Waals surface area contributed by atoms with Crippen LogP contribution in [0.5, 0.6) is 0 Å². The maximum Gasteiger partial charge on any atom is 0.0684 e. The van der Waals surface area contributed by atoms with Crippen molar-refractivity contribution in [3.8, 4) is 6.07 Å². The molecule has 3 nitrogen and oxygen atoms in total. The molecule has 1 aliphatic heterocycles. The summed E-state index contributed by atoms with van der Waals surface area (Å²) in [4.78, 5) is 2.31. The van der Waals surface area contributed by atoms with Crippen LogP contribution in [0.2, 0.25) is 0 Å². The van der Waals surface area contributed by atoms with Crippen LogP contribution in [-0.2, 0) is 4.74 Å². The molecular weight excluding hydrogens is 176 g/mol. The number of rotatable bonds is 4. The van der Waals surface area contributed by atoms with Gasteiger partial charge in [-0.15, -0.1) is 0 Å². The molecule has 0 amide bonds. The van der Waals surface area contributed by atoms with Gasteiger partial charge in [0.1, 0.15) is 0 Å². The van der Waals surface area contributed by atoms with E-state index in [1.54, 1.807) is 0 Å². The molecule has 0 aromatic carbocycles. The summed E-state index contributed by atoms with van der Waals surface area (Å²) in [6, 6.07) is 2.89. The van der Waals surface area contributed by atoms with E-state index in [0.717, 1.165) is 32.6 Å². The third-order valence-electron chi connectivity index (χ3n) is 2.92. The van der Waals surface area contributed by atoms with Crippen LogP contribution in [0, 0.1) is 16.7 Å². The average molecular weight is 196 g/mol. The fourth-order valence-corrected chi connectivity index (χ4v) is 1.56. The Hall–Kier alpha value is -0.590. The Morgan fingerprint density at radius 2 is 2.29 bits per heavy atom. The van der Waals surface area contributed by atoms with E-state index in [0.29, 0.717) is 6.04 Å². The van der Waals surface area contributed by atoms with Gasteiger partial charge in [-0.2, -0.15) is 5.26 Å². The highest BCUT2D eigenvalue weighted by molar-refractivity contribution is 4.92. The summed E-state index contributed by atoms with van der Waals surface area (Å²) >= 11 is 0. The van der Waals surface area contributed by atoms with Gasteiger partial charge in [0.2, 0.25) is 0 Å². The third kappa shape index (κ3) is 3.28. The van der Waals surface area contributed by atoms with Gasteiger partial charge in [0, 0.05) is 12.6 Å². The number of nitrogens with zero attached hydrogens (tertiary/aromatic N) is 2. The number of nitriles is 1. The molecule has 3 heteroatoms. The second-order valence-electron chi connectivity index (χ2n) is 4.74. The van der Waals surface area contributed by atoms with Gasteiger partial charge in [-0.3, -0.25) is 0 Å². The van der Waals surface area contributed by atoms with E-state index in [-0.39, 0.29) is 5.41 Å². The fraction of sp³-hybridized carbons (Fsp3) is 0.909. The standard InChI is InChI=1S/C11H20N2O/c1-11(2,9-12)5-6-13(3)10-4-7-14-8-10/h10H,4-8H2,1-3H3. The van der Waals surface area contributed by atoms with E-state index >= 15 is 0 Å². The van der Waals surface area contributed by atoms with Crippen LogP contribution >= 0.6 is 0 Å². The Morgan fingerprint density at radius 3 is 2.79 bits per heavy atom. The quantitative estimate of drug-likeness (QED) is 0.686. The molecule has 1 unspecified atom stereocenters. The summed E-state index contributed by atoms with van der Waals surface area (Å²) in [5.41, 5.74) is -0.201. The van der Waals surface area contributed by atoms with Gasteiger partial charge in [0.25, 0.3) is 0 Å². The summed E-state index contributed by atoms with van der Waals surface area (Å²) < 4.78 is 5.33. The molecule has 1 atom stereocenters. The Balaban J connectivity index is 2.27. The van der Waals surface area contributed by atoms with E-state index in [4.69, 9.17) is 10.00 Å². The lowest BCUT2D eigenvalue weighted by molar-refractivity contribution is 0.153. The van der Waals surface area contributed by atoms with Crippen molar-refractivity contribution in [3.05, 3.63) is 0 Å². The van der Waals surface area contributed by atoms with Crippen LogP contribution in [0.3, 0.4) is 0 Å². The molecule has 1 fully saturated rings. The first kappa shape index (κ1) is 11.5. The Bertz CT molecular complexity index is 214. The van der Waals surface area contributed by atoms with Gasteiger partial charge in [-0.05, 0) is 40.3 Å². The third-order valence-corrected chi connectivity index (χ3v) is 2.92. The molecule has 80 valence electrons. The molecule has 1 aliphatic rings. The molecule has 0 aliphatic carbocycles. The first-order valence-electron chi connectivity index (χ1n) is 5.24. The van der Waals surface area contributed by atoms with Crippen molar-refractivity contribution in [1.82, 2.24) is 4.90 Å². The Labute approximate surface area is 86.6 Å². The SMILES string of the molecule is CN(CCC(C)(C)C#N)C1CCOC1. The predicted octanol–water partition coefficient (Wildman–Crippen LogP) is 1.65. The molecule has 1 heterocycles. The predicted molar refractivity (Wildman–Crippen MR) is 55.9 cm³/mol. The zero-order chi connectivity index (χ0) is 10.6. The molecule has 0 saturated carbocycles. The Kier molecular flexibility index (Phi) is 3.91. The highest BCUT2D eigenvalue weighted by Gasteiger charge is 2.23. The minimum Gasteiger partial charge on any atom is -0.380 e.